The Labute approximate surface area is 144 Å². The standard InChI is InChI=1S/C12H9Br3N6/c1-4-7(13)10-19(16-4)11-8(14)5(2)18-21(11)12-9(15)6(3)17-20(10)12/h1-3H3. The maximum atomic E-state index is 4.61. The second-order valence-corrected chi connectivity index (χ2v) is 7.28. The first-order chi connectivity index (χ1) is 9.91. The first-order valence-electron chi connectivity index (χ1n) is 6.18. The largest absolute Gasteiger partial charge is 0.194 e. The number of nitrogens with zero attached hydrogens (tertiary/aromatic N) is 6. The van der Waals surface area contributed by atoms with E-state index in [1.165, 1.54) is 0 Å². The van der Waals surface area contributed by atoms with Crippen molar-refractivity contribution in [3.63, 3.8) is 0 Å². The van der Waals surface area contributed by atoms with Gasteiger partial charge in [-0.05, 0) is 68.6 Å². The number of halogens is 3. The molecule has 9 heteroatoms. The summed E-state index contributed by atoms with van der Waals surface area (Å²) in [5.74, 6) is 0. The van der Waals surface area contributed by atoms with E-state index in [1.54, 1.807) is 0 Å². The molecule has 4 rings (SSSR count). The van der Waals surface area contributed by atoms with Crippen LogP contribution in [-0.4, -0.2) is 28.8 Å². The van der Waals surface area contributed by atoms with Crippen LogP contribution >= 0.6 is 47.8 Å². The summed E-state index contributed by atoms with van der Waals surface area (Å²) in [6.45, 7) is 5.88. The average molecular weight is 477 g/mol. The summed E-state index contributed by atoms with van der Waals surface area (Å²) < 4.78 is 8.35. The predicted molar refractivity (Wildman–Crippen MR) is 90.0 cm³/mol. The Kier molecular flexibility index (Phi) is 2.81. The molecule has 0 aliphatic carbocycles. The number of aromatic nitrogens is 6. The molecule has 4 heterocycles. The van der Waals surface area contributed by atoms with Crippen molar-refractivity contribution < 1.29 is 0 Å². The molecule has 0 N–H and O–H groups in total. The monoisotopic (exact) mass is 474 g/mol. The average Bonchev–Trinajstić information content (AvgIpc) is 2.99. The van der Waals surface area contributed by atoms with Crippen LogP contribution in [0.15, 0.2) is 13.4 Å². The van der Waals surface area contributed by atoms with Gasteiger partial charge in [-0.15, -0.1) is 0 Å². The Morgan fingerprint density at radius 1 is 0.571 bits per heavy atom. The fraction of sp³-hybridized carbons (Fsp3) is 0.250. The van der Waals surface area contributed by atoms with Crippen LogP contribution < -0.4 is 0 Å². The number of fused-ring (bicyclic) bond motifs is 6. The summed E-state index contributed by atoms with van der Waals surface area (Å²) in [5.41, 5.74) is 5.34. The third-order valence-electron chi connectivity index (χ3n) is 3.50. The Balaban J connectivity index is 2.49. The molecule has 0 radical (unpaired) electrons. The van der Waals surface area contributed by atoms with Gasteiger partial charge in [-0.25, -0.2) is 0 Å². The molecule has 6 nitrogen and oxygen atoms in total. The Bertz CT molecular complexity index is 890. The molecular weight excluding hydrogens is 468 g/mol. The highest BCUT2D eigenvalue weighted by atomic mass is 79.9. The van der Waals surface area contributed by atoms with Crippen LogP contribution in [-0.2, 0) is 0 Å². The SMILES string of the molecule is Cc1nn2c(c1Br)n1nc(C)c(Br)c1n1nc(C)c(Br)c21. The smallest absolute Gasteiger partial charge is 0.175 e. The van der Waals surface area contributed by atoms with Gasteiger partial charge in [0.05, 0.1) is 30.5 Å². The molecule has 0 bridgehead atoms. The molecule has 4 aromatic heterocycles. The highest BCUT2D eigenvalue weighted by Crippen LogP contribution is 2.32. The van der Waals surface area contributed by atoms with E-state index in [0.29, 0.717) is 0 Å². The minimum atomic E-state index is 0.879. The van der Waals surface area contributed by atoms with Gasteiger partial charge in [-0.3, -0.25) is 0 Å². The maximum Gasteiger partial charge on any atom is 0.175 e. The first-order valence-corrected chi connectivity index (χ1v) is 8.56. The molecule has 4 aromatic rings. The van der Waals surface area contributed by atoms with E-state index in [2.05, 4.69) is 63.1 Å². The molecule has 0 unspecified atom stereocenters. The molecule has 0 saturated heterocycles. The van der Waals surface area contributed by atoms with Crippen LogP contribution in [0.4, 0.5) is 0 Å². The van der Waals surface area contributed by atoms with Gasteiger partial charge in [-0.1, -0.05) is 0 Å². The van der Waals surface area contributed by atoms with E-state index in [1.807, 2.05) is 34.3 Å². The van der Waals surface area contributed by atoms with E-state index in [0.717, 1.165) is 47.4 Å². The number of aryl methyl sites for hydroxylation is 3. The molecular formula is C12H9Br3N6. The van der Waals surface area contributed by atoms with E-state index in [-0.39, 0.29) is 0 Å². The van der Waals surface area contributed by atoms with Crippen molar-refractivity contribution in [2.75, 3.05) is 0 Å². The first kappa shape index (κ1) is 13.7. The van der Waals surface area contributed by atoms with Crippen LogP contribution in [0.5, 0.6) is 0 Å². The van der Waals surface area contributed by atoms with E-state index >= 15 is 0 Å². The Morgan fingerprint density at radius 2 is 0.810 bits per heavy atom. The molecule has 0 fully saturated rings. The lowest BCUT2D eigenvalue weighted by Crippen LogP contribution is -2.05. The van der Waals surface area contributed by atoms with Crippen LogP contribution in [0, 0.1) is 20.8 Å². The summed E-state index contributed by atoms with van der Waals surface area (Å²) in [7, 11) is 0. The molecule has 21 heavy (non-hydrogen) atoms. The van der Waals surface area contributed by atoms with Crippen molar-refractivity contribution in [2.45, 2.75) is 20.8 Å². The minimum Gasteiger partial charge on any atom is -0.194 e. The lowest BCUT2D eigenvalue weighted by molar-refractivity contribution is 0.814. The predicted octanol–water partition coefficient (Wildman–Crippen LogP) is 3.84. The molecule has 0 amide bonds. The van der Waals surface area contributed by atoms with Gasteiger partial charge in [0.1, 0.15) is 0 Å². The van der Waals surface area contributed by atoms with Crippen LogP contribution in [0.2, 0.25) is 0 Å². The fourth-order valence-corrected chi connectivity index (χ4v) is 3.72. The van der Waals surface area contributed by atoms with Crippen molar-refractivity contribution in [1.29, 1.82) is 0 Å². The molecule has 0 spiro atoms. The summed E-state index contributed by atoms with van der Waals surface area (Å²) >= 11 is 10.9. The van der Waals surface area contributed by atoms with Crippen molar-refractivity contribution in [2.24, 2.45) is 0 Å². The molecule has 0 atom stereocenters. The van der Waals surface area contributed by atoms with Gasteiger partial charge in [0.2, 0.25) is 0 Å². The molecule has 108 valence electrons. The van der Waals surface area contributed by atoms with Gasteiger partial charge in [0, 0.05) is 0 Å². The van der Waals surface area contributed by atoms with Crippen molar-refractivity contribution in [3.05, 3.63) is 30.5 Å². The fourth-order valence-electron chi connectivity index (χ4n) is 2.48. The normalized spacial score (nSPS) is 12.3. The Morgan fingerprint density at radius 3 is 1.05 bits per heavy atom. The van der Waals surface area contributed by atoms with Gasteiger partial charge in [0.25, 0.3) is 0 Å². The second-order valence-electron chi connectivity index (χ2n) is 4.90. The van der Waals surface area contributed by atoms with Crippen LogP contribution in [0.25, 0.3) is 16.9 Å². The van der Waals surface area contributed by atoms with Crippen LogP contribution in [0.3, 0.4) is 0 Å². The zero-order valence-corrected chi connectivity index (χ0v) is 16.1. The highest BCUT2D eigenvalue weighted by molar-refractivity contribution is 9.11. The van der Waals surface area contributed by atoms with Gasteiger partial charge in [-0.2, -0.15) is 28.8 Å². The molecule has 0 saturated carbocycles. The number of hydrogen-bond donors (Lipinski definition) is 0. The van der Waals surface area contributed by atoms with Crippen LogP contribution in [0.1, 0.15) is 17.1 Å². The van der Waals surface area contributed by atoms with Crippen molar-refractivity contribution in [1.82, 2.24) is 28.8 Å². The lowest BCUT2D eigenvalue weighted by atomic mass is 10.4. The number of hydrogen-bond acceptors (Lipinski definition) is 3. The minimum absolute atomic E-state index is 0.879. The van der Waals surface area contributed by atoms with Gasteiger partial charge >= 0.3 is 0 Å². The molecule has 0 aliphatic rings. The maximum absolute atomic E-state index is 4.61. The zero-order valence-electron chi connectivity index (χ0n) is 11.3. The van der Waals surface area contributed by atoms with Gasteiger partial charge < -0.3 is 0 Å². The second kappa shape index (κ2) is 4.30. The lowest BCUT2D eigenvalue weighted by Gasteiger charge is -2.03. The highest BCUT2D eigenvalue weighted by Gasteiger charge is 2.23. The molecule has 0 aromatic carbocycles. The van der Waals surface area contributed by atoms with E-state index in [9.17, 15) is 0 Å². The molecule has 0 aliphatic heterocycles. The quantitative estimate of drug-likeness (QED) is 0.387. The topological polar surface area (TPSA) is 51.9 Å². The number of rotatable bonds is 0. The van der Waals surface area contributed by atoms with E-state index in [4.69, 9.17) is 0 Å². The summed E-state index contributed by atoms with van der Waals surface area (Å²) in [5, 5.41) is 13.8. The summed E-state index contributed by atoms with van der Waals surface area (Å²) in [4.78, 5) is 0. The van der Waals surface area contributed by atoms with Gasteiger partial charge in [0.15, 0.2) is 16.9 Å². The third-order valence-corrected chi connectivity index (χ3v) is 6.28. The Hall–Kier alpha value is -0.930. The van der Waals surface area contributed by atoms with Crippen molar-refractivity contribution >= 4 is 64.7 Å². The summed E-state index contributed by atoms with van der Waals surface area (Å²) in [6, 6.07) is 0. The van der Waals surface area contributed by atoms with E-state index < -0.39 is 0 Å². The van der Waals surface area contributed by atoms with Crippen molar-refractivity contribution in [3.8, 4) is 0 Å². The zero-order chi connectivity index (χ0) is 15.0. The summed E-state index contributed by atoms with van der Waals surface area (Å²) in [6.07, 6.45) is 0. The third kappa shape index (κ3) is 1.59.